The molecule has 0 saturated carbocycles. The fourth-order valence-corrected chi connectivity index (χ4v) is 3.71. The number of carbonyl (C=O) groups is 1. The molecule has 0 N–H and O–H groups in total. The largest absolute Gasteiger partial charge is 0.496 e. The molecule has 0 bridgehead atoms. The van der Waals surface area contributed by atoms with Crippen molar-refractivity contribution in [2.24, 2.45) is 7.05 Å². The molecule has 28 heavy (non-hydrogen) atoms. The van der Waals surface area contributed by atoms with Gasteiger partial charge in [0, 0.05) is 44.5 Å². The number of rotatable bonds is 5. The summed E-state index contributed by atoms with van der Waals surface area (Å²) in [4.78, 5) is 23.3. The molecule has 3 aromatic rings. The van der Waals surface area contributed by atoms with Crippen LogP contribution in [0.15, 0.2) is 47.3 Å². The normalized spacial score (nSPS) is 16.9. The molecule has 0 aliphatic carbocycles. The van der Waals surface area contributed by atoms with Crippen LogP contribution in [0, 0.1) is 0 Å². The average molecular weight is 380 g/mol. The van der Waals surface area contributed by atoms with Gasteiger partial charge in [0.05, 0.1) is 19.2 Å². The topological polar surface area (TPSA) is 73.4 Å². The van der Waals surface area contributed by atoms with Crippen LogP contribution in [0.25, 0.3) is 0 Å². The number of aromatic nitrogens is 3. The Morgan fingerprint density at radius 1 is 1.32 bits per heavy atom. The highest BCUT2D eigenvalue weighted by Gasteiger charge is 2.29. The minimum Gasteiger partial charge on any atom is -0.496 e. The van der Waals surface area contributed by atoms with Gasteiger partial charge >= 0.3 is 0 Å². The number of ether oxygens (including phenoxy) is 1. The summed E-state index contributed by atoms with van der Waals surface area (Å²) >= 11 is 0. The SMILES string of the molecule is COc1ccccc1Cc1cnc([C@H]2CCCN(C(=O)c3nccn3C)C2)o1. The highest BCUT2D eigenvalue weighted by molar-refractivity contribution is 5.90. The van der Waals surface area contributed by atoms with Gasteiger partial charge in [0.1, 0.15) is 11.5 Å². The Kier molecular flexibility index (Phi) is 5.14. The van der Waals surface area contributed by atoms with Gasteiger partial charge in [-0.1, -0.05) is 18.2 Å². The lowest BCUT2D eigenvalue weighted by Gasteiger charge is -2.31. The number of amides is 1. The summed E-state index contributed by atoms with van der Waals surface area (Å²) in [5.41, 5.74) is 1.06. The number of hydrogen-bond donors (Lipinski definition) is 0. The van der Waals surface area contributed by atoms with Gasteiger partial charge in [-0.05, 0) is 18.9 Å². The van der Waals surface area contributed by atoms with Crippen molar-refractivity contribution >= 4 is 5.91 Å². The fraction of sp³-hybridized carbons (Fsp3) is 0.381. The van der Waals surface area contributed by atoms with Gasteiger partial charge in [-0.25, -0.2) is 9.97 Å². The molecule has 1 fully saturated rings. The van der Waals surface area contributed by atoms with E-state index in [1.807, 2.05) is 36.2 Å². The number of para-hydroxylation sites is 1. The van der Waals surface area contributed by atoms with Gasteiger partial charge in [-0.15, -0.1) is 0 Å². The standard InChI is InChI=1S/C21H24N4O3/c1-24-11-9-22-19(24)21(26)25-10-5-7-16(14-25)20-23-13-17(28-20)12-15-6-3-4-8-18(15)27-2/h3-4,6,8-9,11,13,16H,5,7,10,12,14H2,1-2H3/t16-/m0/s1. The molecule has 7 nitrogen and oxygen atoms in total. The molecular weight excluding hydrogens is 356 g/mol. The van der Waals surface area contributed by atoms with Crippen molar-refractivity contribution in [1.82, 2.24) is 19.4 Å². The van der Waals surface area contributed by atoms with E-state index in [9.17, 15) is 4.79 Å². The molecule has 1 aliphatic heterocycles. The number of oxazole rings is 1. The molecule has 0 spiro atoms. The Hall–Kier alpha value is -3.09. The number of piperidine rings is 1. The Bertz CT molecular complexity index is 962. The number of likely N-dealkylation sites (tertiary alicyclic amines) is 1. The zero-order valence-corrected chi connectivity index (χ0v) is 16.2. The van der Waals surface area contributed by atoms with Crippen LogP contribution >= 0.6 is 0 Å². The monoisotopic (exact) mass is 380 g/mol. The molecule has 1 amide bonds. The Balaban J connectivity index is 1.46. The summed E-state index contributed by atoms with van der Waals surface area (Å²) in [6, 6.07) is 7.89. The lowest BCUT2D eigenvalue weighted by molar-refractivity contribution is 0.0682. The van der Waals surface area contributed by atoms with E-state index in [4.69, 9.17) is 9.15 Å². The minimum absolute atomic E-state index is 0.0435. The summed E-state index contributed by atoms with van der Waals surface area (Å²) in [6.45, 7) is 1.33. The number of methoxy groups -OCH3 is 1. The summed E-state index contributed by atoms with van der Waals surface area (Å²) in [5, 5.41) is 0. The van der Waals surface area contributed by atoms with Crippen molar-refractivity contribution in [2.45, 2.75) is 25.2 Å². The van der Waals surface area contributed by atoms with Crippen LogP contribution in [0.1, 0.15) is 46.6 Å². The van der Waals surface area contributed by atoms with Crippen LogP contribution in [0.2, 0.25) is 0 Å². The molecule has 2 aromatic heterocycles. The Labute approximate surface area is 164 Å². The van der Waals surface area contributed by atoms with Crippen molar-refractivity contribution in [2.75, 3.05) is 20.2 Å². The van der Waals surface area contributed by atoms with E-state index in [0.29, 0.717) is 24.7 Å². The first-order valence-corrected chi connectivity index (χ1v) is 9.49. The van der Waals surface area contributed by atoms with E-state index < -0.39 is 0 Å². The number of imidazole rings is 1. The third kappa shape index (κ3) is 3.65. The van der Waals surface area contributed by atoms with Gasteiger partial charge in [-0.2, -0.15) is 0 Å². The first kappa shape index (κ1) is 18.3. The number of hydrogen-bond acceptors (Lipinski definition) is 5. The van der Waals surface area contributed by atoms with Gasteiger partial charge in [0.25, 0.3) is 5.91 Å². The number of aryl methyl sites for hydroxylation is 1. The number of benzene rings is 1. The Morgan fingerprint density at radius 3 is 2.96 bits per heavy atom. The average Bonchev–Trinajstić information content (AvgIpc) is 3.37. The van der Waals surface area contributed by atoms with Crippen LogP contribution in [0.3, 0.4) is 0 Å². The molecule has 0 radical (unpaired) electrons. The van der Waals surface area contributed by atoms with Crippen molar-refractivity contribution in [3.63, 3.8) is 0 Å². The van der Waals surface area contributed by atoms with Gasteiger partial charge in [0.2, 0.25) is 0 Å². The quantitative estimate of drug-likeness (QED) is 0.680. The smallest absolute Gasteiger partial charge is 0.289 e. The highest BCUT2D eigenvalue weighted by Crippen LogP contribution is 2.29. The van der Waals surface area contributed by atoms with Crippen molar-refractivity contribution in [3.05, 3.63) is 65.9 Å². The maximum atomic E-state index is 12.8. The second kappa shape index (κ2) is 7.88. The van der Waals surface area contributed by atoms with E-state index in [-0.39, 0.29) is 11.8 Å². The molecule has 0 unspecified atom stereocenters. The van der Waals surface area contributed by atoms with Crippen molar-refractivity contribution in [1.29, 1.82) is 0 Å². The first-order valence-electron chi connectivity index (χ1n) is 9.49. The van der Waals surface area contributed by atoms with Crippen LogP contribution in [0.4, 0.5) is 0 Å². The summed E-state index contributed by atoms with van der Waals surface area (Å²) in [6.07, 6.45) is 7.71. The predicted molar refractivity (Wildman–Crippen MR) is 103 cm³/mol. The molecule has 1 saturated heterocycles. The fourth-order valence-electron chi connectivity index (χ4n) is 3.71. The van der Waals surface area contributed by atoms with Crippen LogP contribution < -0.4 is 4.74 Å². The molecule has 1 atom stereocenters. The van der Waals surface area contributed by atoms with E-state index >= 15 is 0 Å². The third-order valence-corrected chi connectivity index (χ3v) is 5.20. The summed E-state index contributed by atoms with van der Waals surface area (Å²) in [5.74, 6) is 2.85. The van der Waals surface area contributed by atoms with Crippen LogP contribution in [-0.2, 0) is 13.5 Å². The number of carbonyl (C=O) groups excluding carboxylic acids is 1. The third-order valence-electron chi connectivity index (χ3n) is 5.20. The van der Waals surface area contributed by atoms with E-state index in [1.165, 1.54) is 0 Å². The van der Waals surface area contributed by atoms with E-state index in [1.54, 1.807) is 30.3 Å². The molecule has 146 valence electrons. The van der Waals surface area contributed by atoms with Gasteiger partial charge < -0.3 is 18.6 Å². The second-order valence-corrected chi connectivity index (χ2v) is 7.11. The van der Waals surface area contributed by atoms with Crippen LogP contribution in [-0.4, -0.2) is 45.5 Å². The first-order chi connectivity index (χ1) is 13.7. The lowest BCUT2D eigenvalue weighted by Crippen LogP contribution is -2.40. The van der Waals surface area contributed by atoms with E-state index in [0.717, 1.165) is 36.5 Å². The minimum atomic E-state index is -0.0435. The predicted octanol–water partition coefficient (Wildman–Crippen LogP) is 3.03. The zero-order valence-electron chi connectivity index (χ0n) is 16.2. The summed E-state index contributed by atoms with van der Waals surface area (Å²) < 4.78 is 13.2. The van der Waals surface area contributed by atoms with Gasteiger partial charge in [0.15, 0.2) is 11.7 Å². The highest BCUT2D eigenvalue weighted by atomic mass is 16.5. The lowest BCUT2D eigenvalue weighted by atomic mass is 9.98. The molecule has 7 heteroatoms. The molecule has 3 heterocycles. The molecule has 1 aliphatic rings. The summed E-state index contributed by atoms with van der Waals surface area (Å²) in [7, 11) is 3.50. The molecule has 1 aromatic carbocycles. The molecular formula is C21H24N4O3. The van der Waals surface area contributed by atoms with E-state index in [2.05, 4.69) is 9.97 Å². The van der Waals surface area contributed by atoms with Crippen LogP contribution in [0.5, 0.6) is 5.75 Å². The zero-order chi connectivity index (χ0) is 19.5. The Morgan fingerprint density at radius 2 is 2.18 bits per heavy atom. The van der Waals surface area contributed by atoms with Crippen molar-refractivity contribution in [3.8, 4) is 5.75 Å². The second-order valence-electron chi connectivity index (χ2n) is 7.11. The maximum Gasteiger partial charge on any atom is 0.289 e. The maximum absolute atomic E-state index is 12.8. The molecule has 4 rings (SSSR count). The number of nitrogens with zero attached hydrogens (tertiary/aromatic N) is 4. The van der Waals surface area contributed by atoms with Crippen molar-refractivity contribution < 1.29 is 13.9 Å². The van der Waals surface area contributed by atoms with Gasteiger partial charge in [-0.3, -0.25) is 4.79 Å².